The van der Waals surface area contributed by atoms with Crippen LogP contribution in [0.4, 0.5) is 6.01 Å². The smallest absolute Gasteiger partial charge is 0.322 e. The van der Waals surface area contributed by atoms with Crippen LogP contribution < -0.4 is 10.1 Å². The van der Waals surface area contributed by atoms with Crippen LogP contribution >= 0.6 is 11.8 Å². The fourth-order valence-corrected chi connectivity index (χ4v) is 3.77. The lowest BCUT2D eigenvalue weighted by molar-refractivity contribution is 0.102. The molecule has 0 fully saturated rings. The van der Waals surface area contributed by atoms with Crippen LogP contribution in [0, 0.1) is 0 Å². The van der Waals surface area contributed by atoms with Gasteiger partial charge >= 0.3 is 6.01 Å². The maximum absolute atomic E-state index is 12.7. The van der Waals surface area contributed by atoms with Gasteiger partial charge in [-0.1, -0.05) is 47.6 Å². The monoisotopic (exact) mass is 405 g/mol. The van der Waals surface area contributed by atoms with Gasteiger partial charge in [0.2, 0.25) is 5.89 Å². The van der Waals surface area contributed by atoms with Gasteiger partial charge in [-0.2, -0.15) is 0 Å². The van der Waals surface area contributed by atoms with E-state index in [9.17, 15) is 4.79 Å². The average Bonchev–Trinajstić information content (AvgIpc) is 3.20. The quantitative estimate of drug-likeness (QED) is 0.444. The molecular weight excluding hydrogens is 386 g/mol. The Labute approximate surface area is 172 Å². The van der Waals surface area contributed by atoms with Crippen molar-refractivity contribution in [2.24, 2.45) is 0 Å². The summed E-state index contributed by atoms with van der Waals surface area (Å²) < 4.78 is 10.9. The summed E-state index contributed by atoms with van der Waals surface area (Å²) >= 11 is 1.71. The maximum atomic E-state index is 12.7. The molecule has 1 aromatic heterocycles. The molecule has 0 spiro atoms. The first-order valence-corrected chi connectivity index (χ1v) is 10.1. The van der Waals surface area contributed by atoms with Crippen LogP contribution in [0.3, 0.4) is 0 Å². The number of hydrogen-bond donors (Lipinski definition) is 1. The van der Waals surface area contributed by atoms with Gasteiger partial charge < -0.3 is 9.15 Å². The number of amides is 1. The van der Waals surface area contributed by atoms with E-state index in [0.29, 0.717) is 23.6 Å². The molecule has 6 nitrogen and oxygen atoms in total. The highest BCUT2D eigenvalue weighted by molar-refractivity contribution is 7.99. The first-order valence-electron chi connectivity index (χ1n) is 9.11. The van der Waals surface area contributed by atoms with Gasteiger partial charge in [0.1, 0.15) is 5.75 Å². The van der Waals surface area contributed by atoms with Gasteiger partial charge in [0.15, 0.2) is 0 Å². The number of aryl methyl sites for hydroxylation is 1. The number of carbonyl (C=O) groups excluding carboxylic acids is 1. The Hall–Kier alpha value is -3.32. The molecule has 0 aliphatic rings. The van der Waals surface area contributed by atoms with Crippen molar-refractivity contribution in [2.45, 2.75) is 11.3 Å². The number of nitrogens with one attached hydrogen (secondary N) is 1. The molecule has 3 aromatic carbocycles. The number of methoxy groups -OCH3 is 1. The van der Waals surface area contributed by atoms with Crippen molar-refractivity contribution in [1.82, 2.24) is 10.2 Å². The van der Waals surface area contributed by atoms with E-state index in [1.165, 1.54) is 12.0 Å². The second kappa shape index (κ2) is 8.79. The van der Waals surface area contributed by atoms with Crippen LogP contribution in [0.5, 0.6) is 5.75 Å². The summed E-state index contributed by atoms with van der Waals surface area (Å²) in [4.78, 5) is 13.9. The summed E-state index contributed by atoms with van der Waals surface area (Å²) in [5.74, 6) is 1.41. The first-order chi connectivity index (χ1) is 14.2. The summed E-state index contributed by atoms with van der Waals surface area (Å²) in [6, 6.07) is 21.6. The summed E-state index contributed by atoms with van der Waals surface area (Å²) in [7, 11) is 1.54. The first kappa shape index (κ1) is 19.0. The molecular formula is C22H19N3O3S. The fourth-order valence-electron chi connectivity index (χ4n) is 2.91. The molecule has 0 atom stereocenters. The SMILES string of the molecule is COc1cc2ccccc2cc1C(=O)Nc1nnc(CCSc2ccccc2)o1. The van der Waals surface area contributed by atoms with Crippen LogP contribution in [0.1, 0.15) is 16.2 Å². The van der Waals surface area contributed by atoms with Crippen LogP contribution in [-0.2, 0) is 6.42 Å². The highest BCUT2D eigenvalue weighted by Crippen LogP contribution is 2.27. The molecule has 0 aliphatic carbocycles. The lowest BCUT2D eigenvalue weighted by atomic mass is 10.1. The van der Waals surface area contributed by atoms with Crippen molar-refractivity contribution in [3.05, 3.63) is 78.2 Å². The van der Waals surface area contributed by atoms with Gasteiger partial charge in [0.05, 0.1) is 12.7 Å². The molecule has 0 aliphatic heterocycles. The van der Waals surface area contributed by atoms with Crippen molar-refractivity contribution >= 4 is 34.5 Å². The number of thioether (sulfide) groups is 1. The van der Waals surface area contributed by atoms with Gasteiger partial charge in [-0.25, -0.2) is 0 Å². The lowest BCUT2D eigenvalue weighted by Gasteiger charge is -2.09. The molecule has 4 rings (SSSR count). The van der Waals surface area contributed by atoms with Crippen molar-refractivity contribution in [2.75, 3.05) is 18.2 Å². The molecule has 0 bridgehead atoms. The van der Waals surface area contributed by atoms with Crippen molar-refractivity contribution in [3.63, 3.8) is 0 Å². The molecule has 0 unspecified atom stereocenters. The number of rotatable bonds is 7. The highest BCUT2D eigenvalue weighted by atomic mass is 32.2. The van der Waals surface area contributed by atoms with E-state index in [4.69, 9.17) is 9.15 Å². The predicted octanol–water partition coefficient (Wildman–Crippen LogP) is 4.82. The van der Waals surface area contributed by atoms with Gasteiger partial charge in [-0.3, -0.25) is 10.1 Å². The van der Waals surface area contributed by atoms with E-state index in [1.807, 2.05) is 48.5 Å². The van der Waals surface area contributed by atoms with Gasteiger partial charge in [-0.15, -0.1) is 16.9 Å². The number of aromatic nitrogens is 2. The third-order valence-corrected chi connectivity index (χ3v) is 5.34. The molecule has 0 radical (unpaired) electrons. The van der Waals surface area contributed by atoms with Gasteiger partial charge in [-0.05, 0) is 35.0 Å². The van der Waals surface area contributed by atoms with E-state index < -0.39 is 0 Å². The third kappa shape index (κ3) is 4.57. The van der Waals surface area contributed by atoms with Gasteiger partial charge in [0.25, 0.3) is 5.91 Å². The fraction of sp³-hybridized carbons (Fsp3) is 0.136. The number of carbonyl (C=O) groups is 1. The van der Waals surface area contributed by atoms with Crippen LogP contribution in [0.15, 0.2) is 76.0 Å². The second-order valence-corrected chi connectivity index (χ2v) is 7.43. The number of ether oxygens (including phenoxy) is 1. The van der Waals surface area contributed by atoms with Crippen LogP contribution in [0.25, 0.3) is 10.8 Å². The van der Waals surface area contributed by atoms with E-state index >= 15 is 0 Å². The van der Waals surface area contributed by atoms with Crippen LogP contribution in [-0.4, -0.2) is 29.0 Å². The number of hydrogen-bond acceptors (Lipinski definition) is 6. The number of anilines is 1. The van der Waals surface area contributed by atoms with Crippen molar-refractivity contribution < 1.29 is 13.9 Å². The van der Waals surface area contributed by atoms with E-state index in [-0.39, 0.29) is 11.9 Å². The summed E-state index contributed by atoms with van der Waals surface area (Å²) in [5.41, 5.74) is 0.408. The number of benzene rings is 3. The van der Waals surface area contributed by atoms with E-state index in [2.05, 4.69) is 27.6 Å². The predicted molar refractivity (Wildman–Crippen MR) is 114 cm³/mol. The van der Waals surface area contributed by atoms with E-state index in [1.54, 1.807) is 17.8 Å². The Morgan fingerprint density at radius 3 is 2.52 bits per heavy atom. The minimum absolute atomic E-state index is 0.0740. The average molecular weight is 405 g/mol. The second-order valence-electron chi connectivity index (χ2n) is 6.27. The van der Waals surface area contributed by atoms with Crippen molar-refractivity contribution in [3.8, 4) is 5.75 Å². The summed E-state index contributed by atoms with van der Waals surface area (Å²) in [5, 5.41) is 12.5. The molecule has 1 N–H and O–H groups in total. The Morgan fingerprint density at radius 1 is 1.03 bits per heavy atom. The molecule has 0 saturated carbocycles. The number of nitrogens with zero attached hydrogens (tertiary/aromatic N) is 2. The Balaban J connectivity index is 1.42. The Kier molecular flexibility index (Phi) is 5.76. The Bertz CT molecular complexity index is 1130. The zero-order valence-electron chi connectivity index (χ0n) is 15.8. The topological polar surface area (TPSA) is 77.2 Å². The molecule has 0 saturated heterocycles. The largest absolute Gasteiger partial charge is 0.496 e. The number of fused-ring (bicyclic) bond motifs is 1. The highest BCUT2D eigenvalue weighted by Gasteiger charge is 2.17. The van der Waals surface area contributed by atoms with E-state index in [0.717, 1.165) is 16.5 Å². The summed E-state index contributed by atoms with van der Waals surface area (Å²) in [6.07, 6.45) is 0.613. The summed E-state index contributed by atoms with van der Waals surface area (Å²) in [6.45, 7) is 0. The van der Waals surface area contributed by atoms with Crippen LogP contribution in [0.2, 0.25) is 0 Å². The molecule has 146 valence electrons. The minimum Gasteiger partial charge on any atom is -0.496 e. The molecule has 1 amide bonds. The maximum Gasteiger partial charge on any atom is 0.322 e. The Morgan fingerprint density at radius 2 is 1.76 bits per heavy atom. The van der Waals surface area contributed by atoms with Crippen molar-refractivity contribution in [1.29, 1.82) is 0 Å². The third-order valence-electron chi connectivity index (χ3n) is 4.33. The molecule has 1 heterocycles. The normalized spacial score (nSPS) is 10.8. The molecule has 7 heteroatoms. The zero-order chi connectivity index (χ0) is 20.1. The zero-order valence-corrected chi connectivity index (χ0v) is 16.6. The lowest BCUT2D eigenvalue weighted by Crippen LogP contribution is -2.13. The molecule has 4 aromatic rings. The molecule has 29 heavy (non-hydrogen) atoms. The standard InChI is InChI=1S/C22H19N3O3S/c1-27-19-14-16-8-6-5-7-15(16)13-18(19)21(26)23-22-25-24-20(28-22)11-12-29-17-9-3-2-4-10-17/h2-10,13-14H,11-12H2,1H3,(H,23,25,26). The minimum atomic E-state index is -0.360. The van der Waals surface area contributed by atoms with Gasteiger partial charge in [0, 0.05) is 17.1 Å².